The summed E-state index contributed by atoms with van der Waals surface area (Å²) in [4.78, 5) is 48.5. The van der Waals surface area contributed by atoms with Gasteiger partial charge in [-0.15, -0.1) is 0 Å². The van der Waals surface area contributed by atoms with Gasteiger partial charge in [-0.2, -0.15) is 0 Å². The van der Waals surface area contributed by atoms with Gasteiger partial charge in [-0.1, -0.05) is 38.6 Å². The van der Waals surface area contributed by atoms with Gasteiger partial charge in [-0.25, -0.2) is 9.88 Å². The minimum absolute atomic E-state index is 0.0629. The second-order valence-corrected chi connectivity index (χ2v) is 11.7. The van der Waals surface area contributed by atoms with Crippen LogP contribution in [0.2, 0.25) is 0 Å². The van der Waals surface area contributed by atoms with Crippen molar-refractivity contribution in [3.8, 4) is 0 Å². The molecule has 4 atom stereocenters. The molecule has 1 aliphatic heterocycles. The lowest BCUT2D eigenvalue weighted by atomic mass is 10.00. The number of carbonyl (C=O) groups is 4. The Labute approximate surface area is 219 Å². The summed E-state index contributed by atoms with van der Waals surface area (Å²) >= 11 is 1.19. The number of hydrogen-bond acceptors (Lipinski definition) is 10. The first-order valence-corrected chi connectivity index (χ1v) is 14.1. The van der Waals surface area contributed by atoms with Crippen molar-refractivity contribution in [2.75, 3.05) is 19.0 Å². The summed E-state index contributed by atoms with van der Waals surface area (Å²) < 4.78 is 23.0. The number of nitrogens with one attached hydrogen (secondary N) is 2. The molecule has 11 nitrogen and oxygen atoms in total. The Balaban J connectivity index is 2.69. The van der Waals surface area contributed by atoms with Gasteiger partial charge in [-0.3, -0.25) is 24.6 Å². The fourth-order valence-corrected chi connectivity index (χ4v) is 4.99. The summed E-state index contributed by atoms with van der Waals surface area (Å²) in [6.45, 7) is 12.9. The number of hydrogen-bond donors (Lipinski definition) is 2. The van der Waals surface area contributed by atoms with Crippen molar-refractivity contribution in [2.45, 2.75) is 85.8 Å². The molecule has 0 saturated carbocycles. The van der Waals surface area contributed by atoms with Crippen molar-refractivity contribution in [3.05, 3.63) is 12.3 Å². The van der Waals surface area contributed by atoms with E-state index in [9.17, 15) is 19.2 Å². The standard InChI is InChI=1S/C23H40N3O8PS/c1-8-11-26(22(30)24-15-27)19-10-9-18(34-19)14-32-35(25-17(4)20(28)33-16(2)3)31-12-13-36-21(29)23(5,6)7/h8,11,15-19,25H,9-10,12-14H2,1-7H3,(H,24,27,30)/b11-8-. The normalized spacial score (nSPS) is 19.8. The van der Waals surface area contributed by atoms with Gasteiger partial charge >= 0.3 is 12.0 Å². The maximum atomic E-state index is 12.2. The Morgan fingerprint density at radius 3 is 2.47 bits per heavy atom. The summed E-state index contributed by atoms with van der Waals surface area (Å²) in [6.07, 6.45) is 3.60. The molecule has 1 saturated heterocycles. The van der Waals surface area contributed by atoms with Crippen LogP contribution in [0.3, 0.4) is 0 Å². The predicted molar refractivity (Wildman–Crippen MR) is 139 cm³/mol. The van der Waals surface area contributed by atoms with Crippen LogP contribution in [0.25, 0.3) is 0 Å². The second-order valence-electron chi connectivity index (χ2n) is 9.36. The zero-order chi connectivity index (χ0) is 27.3. The molecular weight excluding hydrogens is 509 g/mol. The molecular formula is C23H40N3O8PS. The third-order valence-corrected chi connectivity index (χ3v) is 7.29. The Bertz CT molecular complexity index is 762. The van der Waals surface area contributed by atoms with Gasteiger partial charge in [-0.05, 0) is 40.5 Å². The van der Waals surface area contributed by atoms with E-state index >= 15 is 0 Å². The van der Waals surface area contributed by atoms with E-state index in [1.54, 1.807) is 40.0 Å². The van der Waals surface area contributed by atoms with Crippen molar-refractivity contribution in [1.82, 2.24) is 15.3 Å². The molecule has 4 unspecified atom stereocenters. The van der Waals surface area contributed by atoms with Gasteiger partial charge < -0.3 is 18.5 Å². The van der Waals surface area contributed by atoms with Crippen LogP contribution in [0.4, 0.5) is 4.79 Å². The van der Waals surface area contributed by atoms with Crippen molar-refractivity contribution in [2.24, 2.45) is 5.41 Å². The Morgan fingerprint density at radius 2 is 1.89 bits per heavy atom. The number of nitrogens with zero attached hydrogens (tertiary/aromatic N) is 1. The monoisotopic (exact) mass is 549 g/mol. The molecule has 1 heterocycles. The number of amides is 3. The van der Waals surface area contributed by atoms with E-state index in [1.165, 1.54) is 16.7 Å². The fraction of sp³-hybridized carbons (Fsp3) is 0.739. The molecule has 2 N–H and O–H groups in total. The van der Waals surface area contributed by atoms with Gasteiger partial charge in [0.25, 0.3) is 8.53 Å². The average Bonchev–Trinajstić information content (AvgIpc) is 3.25. The van der Waals surface area contributed by atoms with Crippen LogP contribution in [0, 0.1) is 5.41 Å². The molecule has 0 aromatic carbocycles. The Morgan fingerprint density at radius 1 is 1.19 bits per heavy atom. The summed E-state index contributed by atoms with van der Waals surface area (Å²) in [6, 6.07) is -1.25. The van der Waals surface area contributed by atoms with Crippen molar-refractivity contribution in [3.63, 3.8) is 0 Å². The van der Waals surface area contributed by atoms with Gasteiger partial charge in [0, 0.05) is 17.4 Å². The quantitative estimate of drug-likeness (QED) is 0.143. The lowest BCUT2D eigenvalue weighted by Crippen LogP contribution is -2.42. The topological polar surface area (TPSA) is 132 Å². The minimum Gasteiger partial charge on any atom is -0.462 e. The number of esters is 1. The first-order valence-electron chi connectivity index (χ1n) is 11.9. The number of urea groups is 1. The molecule has 13 heteroatoms. The SMILES string of the molecule is C/C=C\N(C(=O)NC=O)C1CCC(COP(NC(C)C(=O)OC(C)C)OCCSC(=O)C(C)(C)C)O1. The van der Waals surface area contributed by atoms with Crippen LogP contribution in [-0.4, -0.2) is 71.9 Å². The molecule has 0 spiro atoms. The average molecular weight is 550 g/mol. The Hall–Kier alpha value is -1.56. The summed E-state index contributed by atoms with van der Waals surface area (Å²) in [5, 5.41) is 5.20. The van der Waals surface area contributed by atoms with Gasteiger partial charge in [0.1, 0.15) is 12.3 Å². The summed E-state index contributed by atoms with van der Waals surface area (Å²) in [5.74, 6) is 0.0130. The van der Waals surface area contributed by atoms with Gasteiger partial charge in [0.2, 0.25) is 6.41 Å². The maximum Gasteiger partial charge on any atom is 0.329 e. The van der Waals surface area contributed by atoms with Crippen molar-refractivity contribution < 1.29 is 37.7 Å². The highest BCUT2D eigenvalue weighted by molar-refractivity contribution is 8.13. The number of imide groups is 1. The Kier molecular flexibility index (Phi) is 14.7. The number of thioether (sulfide) groups is 1. The van der Waals surface area contributed by atoms with Gasteiger partial charge in [0.15, 0.2) is 5.12 Å². The molecule has 36 heavy (non-hydrogen) atoms. The van der Waals surface area contributed by atoms with Crippen LogP contribution < -0.4 is 10.4 Å². The molecule has 3 amide bonds. The van der Waals surface area contributed by atoms with Crippen molar-refractivity contribution >= 4 is 43.8 Å². The maximum absolute atomic E-state index is 12.2. The lowest BCUT2D eigenvalue weighted by molar-refractivity contribution is -0.149. The van der Waals surface area contributed by atoms with Crippen LogP contribution in [0.5, 0.6) is 0 Å². The van der Waals surface area contributed by atoms with E-state index < -0.39 is 38.2 Å². The molecule has 0 aliphatic carbocycles. The number of allylic oxidation sites excluding steroid dienone is 1. The van der Waals surface area contributed by atoms with E-state index in [-0.39, 0.29) is 30.5 Å². The zero-order valence-corrected chi connectivity index (χ0v) is 23.9. The molecule has 1 fully saturated rings. The van der Waals surface area contributed by atoms with Crippen molar-refractivity contribution in [1.29, 1.82) is 0 Å². The zero-order valence-electron chi connectivity index (χ0n) is 22.1. The largest absolute Gasteiger partial charge is 0.462 e. The van der Waals surface area contributed by atoms with Crippen LogP contribution in [-0.2, 0) is 32.9 Å². The molecule has 1 aliphatic rings. The van der Waals surface area contributed by atoms with E-state index in [0.29, 0.717) is 25.0 Å². The lowest BCUT2D eigenvalue weighted by Gasteiger charge is -2.26. The molecule has 0 aromatic heterocycles. The number of rotatable bonds is 14. The highest BCUT2D eigenvalue weighted by atomic mass is 32.2. The summed E-state index contributed by atoms with van der Waals surface area (Å²) in [5.41, 5.74) is -0.445. The highest BCUT2D eigenvalue weighted by Gasteiger charge is 2.33. The minimum atomic E-state index is -1.70. The molecule has 0 aromatic rings. The fourth-order valence-electron chi connectivity index (χ4n) is 2.87. The van der Waals surface area contributed by atoms with Crippen LogP contribution in [0.1, 0.15) is 61.3 Å². The van der Waals surface area contributed by atoms with Crippen LogP contribution >= 0.6 is 20.3 Å². The molecule has 206 valence electrons. The third kappa shape index (κ3) is 12.1. The smallest absolute Gasteiger partial charge is 0.329 e. The summed E-state index contributed by atoms with van der Waals surface area (Å²) in [7, 11) is -1.70. The van der Waals surface area contributed by atoms with E-state index in [1.807, 2.05) is 20.8 Å². The predicted octanol–water partition coefficient (Wildman–Crippen LogP) is 3.69. The highest BCUT2D eigenvalue weighted by Crippen LogP contribution is 2.36. The first-order chi connectivity index (χ1) is 16.9. The van der Waals surface area contributed by atoms with E-state index in [4.69, 9.17) is 18.5 Å². The first kappa shape index (κ1) is 32.5. The van der Waals surface area contributed by atoms with E-state index in [2.05, 4.69) is 10.4 Å². The molecule has 1 rings (SSSR count). The van der Waals surface area contributed by atoms with Gasteiger partial charge in [0.05, 0.1) is 25.4 Å². The second kappa shape index (κ2) is 16.3. The van der Waals surface area contributed by atoms with E-state index in [0.717, 1.165) is 0 Å². The van der Waals surface area contributed by atoms with Crippen LogP contribution in [0.15, 0.2) is 12.3 Å². The molecule has 0 bridgehead atoms. The third-order valence-electron chi connectivity index (χ3n) is 4.64. The number of carbonyl (C=O) groups excluding carboxylic acids is 4. The molecule has 0 radical (unpaired) electrons. The number of ether oxygens (including phenoxy) is 2.